The summed E-state index contributed by atoms with van der Waals surface area (Å²) < 4.78 is 45.3. The molecule has 2 rings (SSSR count). The van der Waals surface area contributed by atoms with Crippen molar-refractivity contribution in [1.29, 1.82) is 0 Å². The molecule has 4 heteroatoms. The maximum absolute atomic E-state index is 7.59. The molecule has 0 bridgehead atoms. The van der Waals surface area contributed by atoms with E-state index in [4.69, 9.17) is 14.0 Å². The van der Waals surface area contributed by atoms with E-state index in [0.29, 0.717) is 0 Å². The first-order valence-corrected chi connectivity index (χ1v) is 2.86. The number of aryl methyl sites for hydroxylation is 1. The van der Waals surface area contributed by atoms with E-state index in [2.05, 4.69) is 10.1 Å². The summed E-state index contributed by atoms with van der Waals surface area (Å²) in [6.07, 6.45) is -0.773. The van der Waals surface area contributed by atoms with Gasteiger partial charge < -0.3 is 5.73 Å². The average molecular weight is 154 g/mol. The van der Waals surface area contributed by atoms with Gasteiger partial charge in [0.2, 0.25) is 0 Å². The lowest BCUT2D eigenvalue weighted by molar-refractivity contribution is 0.937. The van der Waals surface area contributed by atoms with Crippen LogP contribution in [0.5, 0.6) is 0 Å². The smallest absolute Gasteiger partial charge is 0.156 e. The summed E-state index contributed by atoms with van der Waals surface area (Å²) in [7, 11) is 0. The van der Waals surface area contributed by atoms with Gasteiger partial charge in [0, 0.05) is 16.5 Å². The summed E-state index contributed by atoms with van der Waals surface area (Å²) in [6, 6.07) is -0.442. The third-order valence-electron chi connectivity index (χ3n) is 1.20. The summed E-state index contributed by atoms with van der Waals surface area (Å²) in [5.74, 6) is -0.311. The zero-order valence-corrected chi connectivity index (χ0v) is 5.42. The summed E-state index contributed by atoms with van der Waals surface area (Å²) in [4.78, 5) is 3.63. The lowest BCUT2D eigenvalue weighted by atomic mass is 10.3. The zero-order valence-electron chi connectivity index (χ0n) is 11.4. The van der Waals surface area contributed by atoms with Crippen molar-refractivity contribution in [3.05, 3.63) is 24.0 Å². The normalized spacial score (nSPS) is 19.6. The Bertz CT molecular complexity index is 601. The fourth-order valence-electron chi connectivity index (χ4n) is 0.776. The average Bonchev–Trinajstić information content (AvgIpc) is 2.44. The molecule has 2 aromatic rings. The SMILES string of the molecule is [2H]c1nc2c(C([2H])([2H])[2H])c([2H])c(N)nn2c1[2H]. The van der Waals surface area contributed by atoms with Crippen molar-refractivity contribution in [2.24, 2.45) is 0 Å². The Balaban J connectivity index is 2.98. The number of hydrogen-bond acceptors (Lipinski definition) is 3. The molecule has 0 aliphatic rings. The molecule has 0 saturated carbocycles. The second-order valence-electron chi connectivity index (χ2n) is 1.96. The van der Waals surface area contributed by atoms with Crippen LogP contribution < -0.4 is 5.73 Å². The van der Waals surface area contributed by atoms with Crippen LogP contribution in [0.3, 0.4) is 0 Å². The molecule has 2 aromatic heterocycles. The molecular formula is C7H8N4. The van der Waals surface area contributed by atoms with Crippen LogP contribution in [-0.2, 0) is 0 Å². The van der Waals surface area contributed by atoms with Crippen LogP contribution in [0.25, 0.3) is 5.65 Å². The van der Waals surface area contributed by atoms with Crippen LogP contribution in [0.15, 0.2) is 18.4 Å². The first kappa shape index (κ1) is 2.48. The van der Waals surface area contributed by atoms with E-state index >= 15 is 0 Å². The third-order valence-corrected chi connectivity index (χ3v) is 1.20. The summed E-state index contributed by atoms with van der Waals surface area (Å²) in [5, 5.41) is 3.66. The highest BCUT2D eigenvalue weighted by molar-refractivity contribution is 5.49. The highest BCUT2D eigenvalue weighted by Crippen LogP contribution is 2.08. The van der Waals surface area contributed by atoms with Gasteiger partial charge in [0.05, 0.1) is 4.11 Å². The Morgan fingerprint density at radius 1 is 1.82 bits per heavy atom. The van der Waals surface area contributed by atoms with E-state index in [0.717, 1.165) is 4.52 Å². The predicted octanol–water partition coefficient (Wildman–Crippen LogP) is 0.620. The van der Waals surface area contributed by atoms with E-state index in [-0.39, 0.29) is 17.6 Å². The zero-order chi connectivity index (χ0) is 13.0. The number of anilines is 1. The van der Waals surface area contributed by atoms with Gasteiger partial charge in [-0.3, -0.25) is 0 Å². The number of hydrogen-bond donors (Lipinski definition) is 1. The first-order valence-electron chi connectivity index (χ1n) is 5.86. The molecule has 0 aliphatic carbocycles. The van der Waals surface area contributed by atoms with Gasteiger partial charge >= 0.3 is 0 Å². The number of rotatable bonds is 0. The minimum absolute atomic E-state index is 0.195. The van der Waals surface area contributed by atoms with Crippen molar-refractivity contribution in [3.63, 3.8) is 0 Å². The standard InChI is InChI=1S/C7H8N4/c1-5-4-6(8)10-11-3-2-9-7(5)11/h2-4H,1H3,(H2,8,10)/i1D3,2D,3D,4D. The summed E-state index contributed by atoms with van der Waals surface area (Å²) in [6.45, 7) is -2.60. The minimum Gasteiger partial charge on any atom is -0.382 e. The number of imidazole rings is 1. The lowest BCUT2D eigenvalue weighted by Crippen LogP contribution is -1.98. The largest absolute Gasteiger partial charge is 0.382 e. The lowest BCUT2D eigenvalue weighted by Gasteiger charge is -1.97. The minimum atomic E-state index is -2.60. The molecule has 0 aliphatic heterocycles. The fourth-order valence-corrected chi connectivity index (χ4v) is 0.776. The molecule has 0 fully saturated rings. The molecule has 0 spiro atoms. The molecule has 56 valence electrons. The summed E-state index contributed by atoms with van der Waals surface area (Å²) in [5.41, 5.74) is 4.83. The molecule has 2 N–H and O–H groups in total. The van der Waals surface area contributed by atoms with E-state index in [1.807, 2.05) is 0 Å². The van der Waals surface area contributed by atoms with Crippen molar-refractivity contribution < 1.29 is 8.22 Å². The third kappa shape index (κ3) is 0.832. The molecular weight excluding hydrogens is 140 g/mol. The maximum atomic E-state index is 7.59. The molecule has 0 unspecified atom stereocenters. The predicted molar refractivity (Wildman–Crippen MR) is 42.1 cm³/mol. The highest BCUT2D eigenvalue weighted by Gasteiger charge is 1.99. The number of nitrogen functional groups attached to an aromatic ring is 1. The van der Waals surface area contributed by atoms with Crippen molar-refractivity contribution in [2.75, 3.05) is 5.73 Å². The van der Waals surface area contributed by atoms with Crippen LogP contribution in [0.1, 0.15) is 13.8 Å². The molecule has 0 atom stereocenters. The van der Waals surface area contributed by atoms with Crippen LogP contribution >= 0.6 is 0 Å². The number of aromatic nitrogens is 3. The van der Waals surface area contributed by atoms with Gasteiger partial charge in [-0.2, -0.15) is 0 Å². The van der Waals surface area contributed by atoms with Crippen LogP contribution in [0, 0.1) is 6.85 Å². The maximum Gasteiger partial charge on any atom is 0.156 e. The van der Waals surface area contributed by atoms with Gasteiger partial charge in [-0.25, -0.2) is 9.50 Å². The Labute approximate surface area is 72.1 Å². The second-order valence-corrected chi connectivity index (χ2v) is 1.96. The van der Waals surface area contributed by atoms with Crippen molar-refractivity contribution in [3.8, 4) is 0 Å². The Morgan fingerprint density at radius 3 is 3.55 bits per heavy atom. The number of nitrogens with two attached hydrogens (primary N) is 1. The molecule has 0 radical (unpaired) electrons. The Kier molecular flexibility index (Phi) is 0.439. The number of fused-ring (bicyclic) bond motifs is 1. The van der Waals surface area contributed by atoms with Crippen molar-refractivity contribution in [2.45, 2.75) is 6.85 Å². The molecule has 0 aromatic carbocycles. The van der Waals surface area contributed by atoms with Crippen LogP contribution in [-0.4, -0.2) is 14.6 Å². The van der Waals surface area contributed by atoms with Gasteiger partial charge in [-0.1, -0.05) is 0 Å². The van der Waals surface area contributed by atoms with E-state index < -0.39 is 24.6 Å². The molecule has 2 heterocycles. The topological polar surface area (TPSA) is 56.2 Å². The van der Waals surface area contributed by atoms with Gasteiger partial charge in [0.1, 0.15) is 5.82 Å². The van der Waals surface area contributed by atoms with Crippen molar-refractivity contribution in [1.82, 2.24) is 14.6 Å². The Morgan fingerprint density at radius 2 is 2.73 bits per heavy atom. The number of nitrogens with zero attached hydrogens (tertiary/aromatic N) is 3. The van der Waals surface area contributed by atoms with Gasteiger partial charge in [0.15, 0.2) is 5.65 Å². The van der Waals surface area contributed by atoms with Crippen molar-refractivity contribution >= 4 is 11.5 Å². The Hall–Kier alpha value is -1.58. The fraction of sp³-hybridized carbons (Fsp3) is 0.143. The molecule has 11 heavy (non-hydrogen) atoms. The molecule has 4 nitrogen and oxygen atoms in total. The first-order chi connectivity index (χ1) is 7.73. The van der Waals surface area contributed by atoms with Crippen LogP contribution in [0.4, 0.5) is 5.82 Å². The van der Waals surface area contributed by atoms with Gasteiger partial charge in [-0.15, -0.1) is 5.10 Å². The highest BCUT2D eigenvalue weighted by atomic mass is 15.3. The quantitative estimate of drug-likeness (QED) is 0.605. The van der Waals surface area contributed by atoms with Crippen LogP contribution in [0.2, 0.25) is 0 Å². The summed E-state index contributed by atoms with van der Waals surface area (Å²) >= 11 is 0. The van der Waals surface area contributed by atoms with E-state index in [9.17, 15) is 0 Å². The molecule has 0 amide bonds. The monoisotopic (exact) mass is 154 g/mol. The van der Waals surface area contributed by atoms with Gasteiger partial charge in [-0.05, 0) is 18.5 Å². The van der Waals surface area contributed by atoms with Gasteiger partial charge in [0.25, 0.3) is 0 Å². The van der Waals surface area contributed by atoms with E-state index in [1.165, 1.54) is 0 Å². The molecule has 0 saturated heterocycles. The van der Waals surface area contributed by atoms with E-state index in [1.54, 1.807) is 0 Å². The second kappa shape index (κ2) is 1.95.